The molecular weight excluding hydrogens is 184 g/mol. The highest BCUT2D eigenvalue weighted by Gasteiger charge is 2.36. The summed E-state index contributed by atoms with van der Waals surface area (Å²) in [6.07, 6.45) is 9.78. The molecule has 2 rings (SSSR count). The Balaban J connectivity index is 1.59. The van der Waals surface area contributed by atoms with Gasteiger partial charge in [-0.15, -0.1) is 0 Å². The van der Waals surface area contributed by atoms with E-state index < -0.39 is 0 Å². The first-order valence-electron chi connectivity index (χ1n) is 6.89. The molecule has 2 heterocycles. The fourth-order valence-electron chi connectivity index (χ4n) is 3.16. The van der Waals surface area contributed by atoms with Crippen molar-refractivity contribution in [2.45, 2.75) is 64.0 Å². The van der Waals surface area contributed by atoms with E-state index in [4.69, 9.17) is 0 Å². The molecule has 0 radical (unpaired) electrons. The first-order chi connectivity index (χ1) is 7.42. The number of nitrogens with zero attached hydrogens (tertiary/aromatic N) is 1. The quantitative estimate of drug-likeness (QED) is 0.677. The molecule has 0 spiro atoms. The summed E-state index contributed by atoms with van der Waals surface area (Å²) in [5.74, 6) is 0. The summed E-state index contributed by atoms with van der Waals surface area (Å²) in [4.78, 5) is 2.68. The Hall–Kier alpha value is -0.0800. The maximum atomic E-state index is 3.77. The molecule has 0 bridgehead atoms. The lowest BCUT2D eigenvalue weighted by atomic mass is 10.1. The largest absolute Gasteiger partial charge is 0.312 e. The van der Waals surface area contributed by atoms with Gasteiger partial charge < -0.3 is 5.32 Å². The second-order valence-corrected chi connectivity index (χ2v) is 5.16. The Morgan fingerprint density at radius 1 is 1.13 bits per heavy atom. The van der Waals surface area contributed by atoms with Crippen LogP contribution in [0.3, 0.4) is 0 Å². The van der Waals surface area contributed by atoms with Crippen molar-refractivity contribution >= 4 is 0 Å². The molecule has 1 N–H and O–H groups in total. The first-order valence-corrected chi connectivity index (χ1v) is 6.89. The number of unbranched alkanes of at least 4 members (excludes halogenated alkanes) is 3. The lowest BCUT2D eigenvalue weighted by Gasteiger charge is -2.21. The molecular formula is C13H26N2. The zero-order valence-corrected chi connectivity index (χ0v) is 10.2. The standard InChI is InChI=1S/C13H26N2/c1-2-3-4-5-9-14-12-8-11-15-10-6-7-13(12)15/h12-14H,2-11H2,1H3. The summed E-state index contributed by atoms with van der Waals surface area (Å²) in [7, 11) is 0. The van der Waals surface area contributed by atoms with Crippen molar-refractivity contribution < 1.29 is 0 Å². The molecule has 2 unspecified atom stereocenters. The van der Waals surface area contributed by atoms with Crippen LogP contribution < -0.4 is 5.32 Å². The van der Waals surface area contributed by atoms with E-state index in [9.17, 15) is 0 Å². The van der Waals surface area contributed by atoms with Crippen LogP contribution in [0.5, 0.6) is 0 Å². The fourth-order valence-corrected chi connectivity index (χ4v) is 3.16. The van der Waals surface area contributed by atoms with E-state index in [1.54, 1.807) is 0 Å². The second-order valence-electron chi connectivity index (χ2n) is 5.16. The second kappa shape index (κ2) is 5.86. The molecule has 0 saturated carbocycles. The minimum absolute atomic E-state index is 0.814. The van der Waals surface area contributed by atoms with Crippen molar-refractivity contribution in [2.24, 2.45) is 0 Å². The normalized spacial score (nSPS) is 31.0. The van der Waals surface area contributed by atoms with Crippen molar-refractivity contribution in [3.05, 3.63) is 0 Å². The average Bonchev–Trinajstić information content (AvgIpc) is 2.81. The molecule has 2 heteroatoms. The molecule has 0 aromatic carbocycles. The van der Waals surface area contributed by atoms with Gasteiger partial charge in [0.05, 0.1) is 0 Å². The lowest BCUT2D eigenvalue weighted by Crippen LogP contribution is -2.39. The molecule has 2 nitrogen and oxygen atoms in total. The summed E-state index contributed by atoms with van der Waals surface area (Å²) in [6, 6.07) is 1.70. The number of rotatable bonds is 6. The van der Waals surface area contributed by atoms with Gasteiger partial charge in [0, 0.05) is 18.6 Å². The van der Waals surface area contributed by atoms with Gasteiger partial charge in [-0.05, 0) is 38.8 Å². The summed E-state index contributed by atoms with van der Waals surface area (Å²) in [6.45, 7) is 6.23. The van der Waals surface area contributed by atoms with Crippen molar-refractivity contribution in [2.75, 3.05) is 19.6 Å². The summed E-state index contributed by atoms with van der Waals surface area (Å²) < 4.78 is 0. The molecule has 88 valence electrons. The van der Waals surface area contributed by atoms with Gasteiger partial charge in [0.15, 0.2) is 0 Å². The highest BCUT2D eigenvalue weighted by Crippen LogP contribution is 2.27. The molecule has 2 aliphatic rings. The predicted octanol–water partition coefficient (Wildman–Crippen LogP) is 2.39. The molecule has 15 heavy (non-hydrogen) atoms. The monoisotopic (exact) mass is 210 g/mol. The summed E-state index contributed by atoms with van der Waals surface area (Å²) in [5.41, 5.74) is 0. The molecule has 0 aromatic heterocycles. The molecule has 0 amide bonds. The molecule has 2 aliphatic heterocycles. The zero-order chi connectivity index (χ0) is 10.5. The van der Waals surface area contributed by atoms with E-state index in [2.05, 4.69) is 17.1 Å². The van der Waals surface area contributed by atoms with Crippen LogP contribution in [-0.4, -0.2) is 36.6 Å². The Morgan fingerprint density at radius 2 is 2.07 bits per heavy atom. The van der Waals surface area contributed by atoms with Crippen LogP contribution in [0.2, 0.25) is 0 Å². The van der Waals surface area contributed by atoms with Crippen molar-refractivity contribution in [1.82, 2.24) is 10.2 Å². The number of nitrogens with one attached hydrogen (secondary N) is 1. The maximum Gasteiger partial charge on any atom is 0.0250 e. The molecule has 2 fully saturated rings. The summed E-state index contributed by atoms with van der Waals surface area (Å²) >= 11 is 0. The first kappa shape index (κ1) is 11.4. The number of hydrogen-bond donors (Lipinski definition) is 1. The van der Waals surface area contributed by atoms with Gasteiger partial charge in [-0.1, -0.05) is 26.2 Å². The third kappa shape index (κ3) is 2.94. The molecule has 2 atom stereocenters. The average molecular weight is 210 g/mol. The topological polar surface area (TPSA) is 15.3 Å². The van der Waals surface area contributed by atoms with E-state index in [1.165, 1.54) is 64.6 Å². The van der Waals surface area contributed by atoms with Crippen LogP contribution in [0, 0.1) is 0 Å². The summed E-state index contributed by atoms with van der Waals surface area (Å²) in [5, 5.41) is 3.77. The van der Waals surface area contributed by atoms with Crippen LogP contribution in [0.4, 0.5) is 0 Å². The van der Waals surface area contributed by atoms with Gasteiger partial charge in [0.2, 0.25) is 0 Å². The van der Waals surface area contributed by atoms with E-state index in [0.29, 0.717) is 0 Å². The van der Waals surface area contributed by atoms with Crippen molar-refractivity contribution in [1.29, 1.82) is 0 Å². The highest BCUT2D eigenvalue weighted by atomic mass is 15.2. The molecule has 0 aromatic rings. The minimum Gasteiger partial charge on any atom is -0.312 e. The van der Waals surface area contributed by atoms with Crippen molar-refractivity contribution in [3.63, 3.8) is 0 Å². The number of hydrogen-bond acceptors (Lipinski definition) is 2. The van der Waals surface area contributed by atoms with E-state index in [1.807, 2.05) is 0 Å². The third-order valence-electron chi connectivity index (χ3n) is 4.04. The van der Waals surface area contributed by atoms with E-state index in [0.717, 1.165) is 12.1 Å². The van der Waals surface area contributed by atoms with Gasteiger partial charge >= 0.3 is 0 Å². The van der Waals surface area contributed by atoms with Gasteiger partial charge in [-0.3, -0.25) is 4.90 Å². The van der Waals surface area contributed by atoms with E-state index in [-0.39, 0.29) is 0 Å². The van der Waals surface area contributed by atoms with Crippen LogP contribution >= 0.6 is 0 Å². The Labute approximate surface area is 94.4 Å². The molecule has 0 aliphatic carbocycles. The van der Waals surface area contributed by atoms with Gasteiger partial charge in [0.1, 0.15) is 0 Å². The van der Waals surface area contributed by atoms with Crippen molar-refractivity contribution in [3.8, 4) is 0 Å². The Bertz CT molecular complexity index is 181. The predicted molar refractivity (Wildman–Crippen MR) is 65.1 cm³/mol. The minimum atomic E-state index is 0.814. The fraction of sp³-hybridized carbons (Fsp3) is 1.00. The lowest BCUT2D eigenvalue weighted by molar-refractivity contribution is 0.298. The van der Waals surface area contributed by atoms with E-state index >= 15 is 0 Å². The van der Waals surface area contributed by atoms with Crippen LogP contribution in [0.25, 0.3) is 0 Å². The van der Waals surface area contributed by atoms with Gasteiger partial charge in [-0.2, -0.15) is 0 Å². The highest BCUT2D eigenvalue weighted by molar-refractivity contribution is 4.95. The smallest absolute Gasteiger partial charge is 0.0250 e. The third-order valence-corrected chi connectivity index (χ3v) is 4.04. The maximum absolute atomic E-state index is 3.77. The Kier molecular flexibility index (Phi) is 4.45. The van der Waals surface area contributed by atoms with Crippen LogP contribution in [0.15, 0.2) is 0 Å². The van der Waals surface area contributed by atoms with Crippen LogP contribution in [0.1, 0.15) is 51.9 Å². The van der Waals surface area contributed by atoms with Gasteiger partial charge in [-0.25, -0.2) is 0 Å². The number of fused-ring (bicyclic) bond motifs is 1. The molecule has 2 saturated heterocycles. The van der Waals surface area contributed by atoms with Crippen LogP contribution in [-0.2, 0) is 0 Å². The zero-order valence-electron chi connectivity index (χ0n) is 10.2. The van der Waals surface area contributed by atoms with Gasteiger partial charge in [0.25, 0.3) is 0 Å². The Morgan fingerprint density at radius 3 is 2.93 bits per heavy atom. The SMILES string of the molecule is CCCCCCNC1CCN2CCCC12.